The van der Waals surface area contributed by atoms with Gasteiger partial charge in [0.1, 0.15) is 4.90 Å². The first-order chi connectivity index (χ1) is 6.80. The molecule has 0 bridgehead atoms. The van der Waals surface area contributed by atoms with Crippen molar-refractivity contribution in [2.45, 2.75) is 18.4 Å². The smallest absolute Gasteiger partial charge is 0.308 e. The molecule has 1 heterocycles. The average molecular weight is 232 g/mol. The number of carboxylic acid groups (broad SMARTS) is 1. The first-order valence-electron chi connectivity index (χ1n) is 4.26. The lowest BCUT2D eigenvalue weighted by atomic mass is 10.2. The first-order valence-corrected chi connectivity index (χ1v) is 6.15. The maximum atomic E-state index is 11.1. The lowest BCUT2D eigenvalue weighted by molar-refractivity contribution is -0.141. The van der Waals surface area contributed by atoms with Crippen molar-refractivity contribution >= 4 is 15.8 Å². The Balaban J connectivity index is 2.82. The van der Waals surface area contributed by atoms with E-state index in [-0.39, 0.29) is 11.4 Å². The Hall–Kier alpha value is -1.37. The van der Waals surface area contributed by atoms with E-state index in [9.17, 15) is 13.2 Å². The SMILES string of the molecule is CC(Cn1cc(S(C)(=O)=O)cn1)C(=O)O. The van der Waals surface area contributed by atoms with Crippen molar-refractivity contribution in [3.8, 4) is 0 Å². The number of hydrogen-bond acceptors (Lipinski definition) is 4. The van der Waals surface area contributed by atoms with E-state index in [1.807, 2.05) is 0 Å². The molecule has 1 aromatic heterocycles. The van der Waals surface area contributed by atoms with Crippen molar-refractivity contribution < 1.29 is 18.3 Å². The number of sulfone groups is 1. The number of aromatic nitrogens is 2. The second-order valence-corrected chi connectivity index (χ2v) is 5.43. The minimum atomic E-state index is -3.27. The summed E-state index contributed by atoms with van der Waals surface area (Å²) in [6.45, 7) is 1.69. The van der Waals surface area contributed by atoms with Crippen molar-refractivity contribution in [1.29, 1.82) is 0 Å². The predicted molar refractivity (Wildman–Crippen MR) is 52.1 cm³/mol. The Morgan fingerprint density at radius 1 is 1.67 bits per heavy atom. The molecule has 0 aliphatic rings. The van der Waals surface area contributed by atoms with Crippen LogP contribution in [-0.4, -0.2) is 35.5 Å². The molecule has 0 saturated carbocycles. The quantitative estimate of drug-likeness (QED) is 0.789. The van der Waals surface area contributed by atoms with Crippen LogP contribution in [0.5, 0.6) is 0 Å². The molecule has 6 nitrogen and oxygen atoms in total. The summed E-state index contributed by atoms with van der Waals surface area (Å²) in [5.74, 6) is -1.54. The molecule has 0 spiro atoms. The molecule has 0 fully saturated rings. The van der Waals surface area contributed by atoms with E-state index in [0.717, 1.165) is 6.26 Å². The summed E-state index contributed by atoms with van der Waals surface area (Å²) in [5.41, 5.74) is 0. The summed E-state index contributed by atoms with van der Waals surface area (Å²) < 4.78 is 23.5. The fourth-order valence-corrected chi connectivity index (χ4v) is 1.55. The van der Waals surface area contributed by atoms with Crippen LogP contribution in [0, 0.1) is 5.92 Å². The average Bonchev–Trinajstić information content (AvgIpc) is 2.51. The Morgan fingerprint density at radius 2 is 2.27 bits per heavy atom. The molecule has 1 N–H and O–H groups in total. The number of carboxylic acids is 1. The van der Waals surface area contributed by atoms with Crippen molar-refractivity contribution in [3.05, 3.63) is 12.4 Å². The molecule has 0 radical (unpaired) electrons. The van der Waals surface area contributed by atoms with Crippen LogP contribution in [0.3, 0.4) is 0 Å². The maximum Gasteiger partial charge on any atom is 0.308 e. The highest BCUT2D eigenvalue weighted by atomic mass is 32.2. The van der Waals surface area contributed by atoms with Gasteiger partial charge in [0.15, 0.2) is 9.84 Å². The first kappa shape index (κ1) is 11.7. The fourth-order valence-electron chi connectivity index (χ4n) is 0.995. The highest BCUT2D eigenvalue weighted by Gasteiger charge is 2.14. The van der Waals surface area contributed by atoms with E-state index in [0.29, 0.717) is 0 Å². The topological polar surface area (TPSA) is 89.3 Å². The van der Waals surface area contributed by atoms with Crippen molar-refractivity contribution in [3.63, 3.8) is 0 Å². The minimum absolute atomic E-state index is 0.0973. The Bertz CT molecular complexity index is 463. The van der Waals surface area contributed by atoms with Gasteiger partial charge in [-0.1, -0.05) is 6.92 Å². The molecule has 1 atom stereocenters. The standard InChI is InChI=1S/C8H12N2O4S/c1-6(8(11)12)4-10-5-7(3-9-10)15(2,13)14/h3,5-6H,4H2,1-2H3,(H,11,12). The Labute approximate surface area is 87.4 Å². The van der Waals surface area contributed by atoms with Gasteiger partial charge in [-0.2, -0.15) is 5.10 Å². The molecular formula is C8H12N2O4S. The summed E-state index contributed by atoms with van der Waals surface area (Å²) in [6.07, 6.45) is 3.62. The van der Waals surface area contributed by atoms with Crippen LogP contribution >= 0.6 is 0 Å². The number of hydrogen-bond donors (Lipinski definition) is 1. The van der Waals surface area contributed by atoms with E-state index in [1.54, 1.807) is 0 Å². The van der Waals surface area contributed by atoms with E-state index in [2.05, 4.69) is 5.10 Å². The zero-order valence-corrected chi connectivity index (χ0v) is 9.23. The van der Waals surface area contributed by atoms with Gasteiger partial charge in [0.2, 0.25) is 0 Å². The number of aliphatic carboxylic acids is 1. The molecule has 84 valence electrons. The minimum Gasteiger partial charge on any atom is -0.481 e. The van der Waals surface area contributed by atoms with E-state index in [1.165, 1.54) is 24.0 Å². The molecule has 0 aliphatic heterocycles. The van der Waals surface area contributed by atoms with Gasteiger partial charge in [-0.25, -0.2) is 8.42 Å². The Morgan fingerprint density at radius 3 is 2.67 bits per heavy atom. The molecule has 0 saturated heterocycles. The molecule has 1 aromatic rings. The van der Waals surface area contributed by atoms with Crippen LogP contribution in [0.4, 0.5) is 0 Å². The van der Waals surface area contributed by atoms with Crippen LogP contribution in [0.25, 0.3) is 0 Å². The molecule has 0 aromatic carbocycles. The van der Waals surface area contributed by atoms with Gasteiger partial charge in [-0.15, -0.1) is 0 Å². The van der Waals surface area contributed by atoms with E-state index < -0.39 is 21.7 Å². The third-order valence-electron chi connectivity index (χ3n) is 1.92. The molecule has 0 amide bonds. The molecule has 7 heteroatoms. The number of rotatable bonds is 4. The van der Waals surface area contributed by atoms with Gasteiger partial charge in [0.05, 0.1) is 18.7 Å². The number of nitrogens with zero attached hydrogens (tertiary/aromatic N) is 2. The monoisotopic (exact) mass is 232 g/mol. The zero-order valence-electron chi connectivity index (χ0n) is 8.41. The lowest BCUT2D eigenvalue weighted by Crippen LogP contribution is -2.16. The van der Waals surface area contributed by atoms with Crippen molar-refractivity contribution in [2.75, 3.05) is 6.26 Å². The summed E-state index contributed by atoms with van der Waals surface area (Å²) >= 11 is 0. The van der Waals surface area contributed by atoms with Gasteiger partial charge in [-0.05, 0) is 0 Å². The second-order valence-electron chi connectivity index (χ2n) is 3.41. The van der Waals surface area contributed by atoms with Gasteiger partial charge in [-0.3, -0.25) is 9.48 Å². The van der Waals surface area contributed by atoms with E-state index >= 15 is 0 Å². The van der Waals surface area contributed by atoms with Gasteiger partial charge < -0.3 is 5.11 Å². The molecular weight excluding hydrogens is 220 g/mol. The van der Waals surface area contributed by atoms with E-state index in [4.69, 9.17) is 5.11 Å². The summed E-state index contributed by atoms with van der Waals surface area (Å²) in [7, 11) is -3.27. The molecule has 1 rings (SSSR count). The van der Waals surface area contributed by atoms with Crippen molar-refractivity contribution in [1.82, 2.24) is 9.78 Å². The highest BCUT2D eigenvalue weighted by Crippen LogP contribution is 2.08. The summed E-state index contributed by atoms with van der Waals surface area (Å²) in [4.78, 5) is 10.6. The van der Waals surface area contributed by atoms with Gasteiger partial charge in [0.25, 0.3) is 0 Å². The third kappa shape index (κ3) is 3.05. The molecule has 0 aliphatic carbocycles. The lowest BCUT2D eigenvalue weighted by Gasteiger charge is -2.04. The van der Waals surface area contributed by atoms with Gasteiger partial charge in [0, 0.05) is 12.5 Å². The number of carbonyl (C=O) groups is 1. The predicted octanol–water partition coefficient (Wildman–Crippen LogP) is 0.00730. The molecule has 15 heavy (non-hydrogen) atoms. The second kappa shape index (κ2) is 4.01. The Kier molecular flexibility index (Phi) is 3.13. The normalized spacial score (nSPS) is 13.7. The third-order valence-corrected chi connectivity index (χ3v) is 2.99. The van der Waals surface area contributed by atoms with Crippen LogP contribution in [0.15, 0.2) is 17.3 Å². The van der Waals surface area contributed by atoms with Crippen LogP contribution in [0.2, 0.25) is 0 Å². The van der Waals surface area contributed by atoms with Crippen LogP contribution in [0.1, 0.15) is 6.92 Å². The van der Waals surface area contributed by atoms with Crippen LogP contribution < -0.4 is 0 Å². The maximum absolute atomic E-state index is 11.1. The largest absolute Gasteiger partial charge is 0.481 e. The van der Waals surface area contributed by atoms with Gasteiger partial charge >= 0.3 is 5.97 Å². The summed E-state index contributed by atoms with van der Waals surface area (Å²) in [5, 5.41) is 12.4. The zero-order chi connectivity index (χ0) is 11.6. The summed E-state index contributed by atoms with van der Waals surface area (Å²) in [6, 6.07) is 0. The highest BCUT2D eigenvalue weighted by molar-refractivity contribution is 7.90. The van der Waals surface area contributed by atoms with Crippen molar-refractivity contribution in [2.24, 2.45) is 5.92 Å². The fraction of sp³-hybridized carbons (Fsp3) is 0.500. The molecule has 1 unspecified atom stereocenters. The van der Waals surface area contributed by atoms with Crippen LogP contribution in [-0.2, 0) is 21.2 Å².